The maximum Gasteiger partial charge on any atom is 0.433 e. The van der Waals surface area contributed by atoms with Crippen LogP contribution in [-0.2, 0) is 11.0 Å². The number of hydrogen-bond acceptors (Lipinski definition) is 5. The van der Waals surface area contributed by atoms with E-state index in [0.717, 1.165) is 4.90 Å². The number of hydrogen-bond donors (Lipinski definition) is 2. The van der Waals surface area contributed by atoms with Gasteiger partial charge in [-0.25, -0.2) is 4.98 Å². The van der Waals surface area contributed by atoms with Gasteiger partial charge in [-0.05, 0) is 0 Å². The van der Waals surface area contributed by atoms with Crippen molar-refractivity contribution in [3.8, 4) is 0 Å². The maximum atomic E-state index is 12.5. The number of aliphatic hydroxyl groups is 1. The van der Waals surface area contributed by atoms with Crippen LogP contribution in [0.2, 0.25) is 0 Å². The summed E-state index contributed by atoms with van der Waals surface area (Å²) in [7, 11) is 0. The Morgan fingerprint density at radius 2 is 2.05 bits per heavy atom. The van der Waals surface area contributed by atoms with Gasteiger partial charge in [0.05, 0.1) is 19.1 Å². The second-order valence-corrected chi connectivity index (χ2v) is 4.01. The molecule has 0 aromatic carbocycles. The zero-order chi connectivity index (χ0) is 14.4. The average Bonchev–Trinajstić information content (AvgIpc) is 2.60. The van der Waals surface area contributed by atoms with Crippen molar-refractivity contribution in [2.75, 3.05) is 17.3 Å². The molecule has 7 nitrogen and oxygen atoms in total. The van der Waals surface area contributed by atoms with Crippen LogP contribution in [0.5, 0.6) is 0 Å². The topological polar surface area (TPSA) is 101 Å². The van der Waals surface area contributed by atoms with Crippen LogP contribution in [0.3, 0.4) is 0 Å². The molecule has 1 aromatic rings. The summed E-state index contributed by atoms with van der Waals surface area (Å²) in [4.78, 5) is 26.8. The van der Waals surface area contributed by atoms with Gasteiger partial charge in [-0.3, -0.25) is 14.5 Å². The molecule has 1 aliphatic heterocycles. The van der Waals surface area contributed by atoms with Gasteiger partial charge in [0, 0.05) is 6.07 Å². The number of halogens is 3. The minimum Gasteiger partial charge on any atom is -0.391 e. The van der Waals surface area contributed by atoms with Crippen LogP contribution in [0.15, 0.2) is 10.9 Å². The molecular weight excluding hydrogens is 269 g/mol. The van der Waals surface area contributed by atoms with Crippen molar-refractivity contribution in [3.63, 3.8) is 0 Å². The molecule has 0 radical (unpaired) electrons. The van der Waals surface area contributed by atoms with Crippen LogP contribution in [0.25, 0.3) is 0 Å². The van der Waals surface area contributed by atoms with Gasteiger partial charge < -0.3 is 10.9 Å². The van der Waals surface area contributed by atoms with Gasteiger partial charge in [0.15, 0.2) is 5.69 Å². The van der Waals surface area contributed by atoms with Gasteiger partial charge in [-0.2, -0.15) is 17.8 Å². The number of β-amino-alcohol motifs (C(OH)–C–C–N with tert-alkyl or cyclic N) is 1. The third kappa shape index (κ3) is 2.38. The van der Waals surface area contributed by atoms with E-state index in [1.54, 1.807) is 0 Å². The van der Waals surface area contributed by atoms with E-state index >= 15 is 0 Å². The lowest BCUT2D eigenvalue weighted by molar-refractivity contribution is -0.141. The number of anilines is 1. The molecule has 1 aliphatic rings. The van der Waals surface area contributed by atoms with Crippen molar-refractivity contribution in [1.82, 2.24) is 9.66 Å². The van der Waals surface area contributed by atoms with Crippen molar-refractivity contribution in [2.24, 2.45) is 0 Å². The molecule has 1 atom stereocenters. The predicted octanol–water partition coefficient (Wildman–Crippen LogP) is -0.927. The molecule has 2 rings (SSSR count). The number of nitrogens with two attached hydrogens (primary N) is 1. The van der Waals surface area contributed by atoms with E-state index in [1.165, 1.54) is 0 Å². The molecular formula is C9H9F3N4O3. The van der Waals surface area contributed by atoms with Crippen molar-refractivity contribution < 1.29 is 23.1 Å². The predicted molar refractivity (Wildman–Crippen MR) is 56.6 cm³/mol. The average molecular weight is 278 g/mol. The van der Waals surface area contributed by atoms with E-state index in [4.69, 9.17) is 5.84 Å². The van der Waals surface area contributed by atoms with E-state index in [2.05, 4.69) is 4.98 Å². The lowest BCUT2D eigenvalue weighted by atomic mass is 10.3. The highest BCUT2D eigenvalue weighted by Gasteiger charge is 2.37. The number of aliphatic hydroxyl groups excluding tert-OH is 1. The van der Waals surface area contributed by atoms with Gasteiger partial charge in [0.25, 0.3) is 5.56 Å². The summed E-state index contributed by atoms with van der Waals surface area (Å²) in [5.41, 5.74) is -2.59. The highest BCUT2D eigenvalue weighted by Crippen LogP contribution is 2.28. The standard InChI is InChI=1S/C9H9F3N4O3/c10-9(11,12)5-2-7(19)16(13)8(14-5)15-3-4(17)1-6(15)18/h2,4,17H,1,3,13H2. The first-order chi connectivity index (χ1) is 8.70. The molecule has 0 spiro atoms. The molecule has 1 aromatic heterocycles. The van der Waals surface area contributed by atoms with Gasteiger partial charge in [-0.15, -0.1) is 0 Å². The van der Waals surface area contributed by atoms with Crippen LogP contribution in [-0.4, -0.2) is 33.3 Å². The molecule has 1 amide bonds. The third-order valence-corrected chi connectivity index (χ3v) is 2.57. The monoisotopic (exact) mass is 278 g/mol. The van der Waals surface area contributed by atoms with Crippen LogP contribution < -0.4 is 16.3 Å². The Balaban J connectivity index is 2.54. The number of amides is 1. The molecule has 3 N–H and O–H groups in total. The molecule has 1 unspecified atom stereocenters. The Labute approximate surface area is 104 Å². The van der Waals surface area contributed by atoms with Crippen LogP contribution in [0, 0.1) is 0 Å². The Hall–Kier alpha value is -2.10. The normalized spacial score (nSPS) is 20.1. The quantitative estimate of drug-likeness (QED) is 0.646. The molecule has 2 heterocycles. The molecule has 104 valence electrons. The minimum atomic E-state index is -4.83. The third-order valence-electron chi connectivity index (χ3n) is 2.57. The SMILES string of the molecule is Nn1c(N2CC(O)CC2=O)nc(C(F)(F)F)cc1=O. The first-order valence-electron chi connectivity index (χ1n) is 5.15. The Morgan fingerprint density at radius 3 is 2.53 bits per heavy atom. The zero-order valence-corrected chi connectivity index (χ0v) is 9.39. The number of aromatic nitrogens is 2. The Kier molecular flexibility index (Phi) is 2.97. The van der Waals surface area contributed by atoms with E-state index in [0.29, 0.717) is 4.68 Å². The molecule has 10 heteroatoms. The van der Waals surface area contributed by atoms with E-state index in [1.807, 2.05) is 0 Å². The van der Waals surface area contributed by atoms with E-state index in [9.17, 15) is 27.9 Å². The van der Waals surface area contributed by atoms with Gasteiger partial charge >= 0.3 is 6.18 Å². The number of nitrogens with zero attached hydrogens (tertiary/aromatic N) is 3. The Morgan fingerprint density at radius 1 is 1.42 bits per heavy atom. The van der Waals surface area contributed by atoms with Crippen molar-refractivity contribution >= 4 is 11.9 Å². The lowest BCUT2D eigenvalue weighted by Gasteiger charge is -2.18. The summed E-state index contributed by atoms with van der Waals surface area (Å²) >= 11 is 0. The summed E-state index contributed by atoms with van der Waals surface area (Å²) in [5, 5.41) is 9.28. The van der Waals surface area contributed by atoms with Gasteiger partial charge in [0.1, 0.15) is 0 Å². The van der Waals surface area contributed by atoms with E-state index < -0.39 is 35.4 Å². The highest BCUT2D eigenvalue weighted by atomic mass is 19.4. The first-order valence-corrected chi connectivity index (χ1v) is 5.15. The number of nitrogen functional groups attached to an aromatic ring is 1. The molecule has 1 fully saturated rings. The van der Waals surface area contributed by atoms with Crippen LogP contribution in [0.4, 0.5) is 19.1 Å². The summed E-state index contributed by atoms with van der Waals surface area (Å²) < 4.78 is 37.9. The fraction of sp³-hybridized carbons (Fsp3) is 0.444. The highest BCUT2D eigenvalue weighted by molar-refractivity contribution is 5.94. The lowest BCUT2D eigenvalue weighted by Crippen LogP contribution is -2.38. The number of alkyl halides is 3. The largest absolute Gasteiger partial charge is 0.433 e. The maximum absolute atomic E-state index is 12.5. The molecule has 19 heavy (non-hydrogen) atoms. The second kappa shape index (κ2) is 4.23. The van der Waals surface area contributed by atoms with Crippen molar-refractivity contribution in [1.29, 1.82) is 0 Å². The molecule has 0 bridgehead atoms. The number of carbonyl (C=O) groups is 1. The summed E-state index contributed by atoms with van der Waals surface area (Å²) in [6, 6.07) is 0.237. The van der Waals surface area contributed by atoms with Gasteiger partial charge in [0.2, 0.25) is 11.9 Å². The van der Waals surface area contributed by atoms with E-state index in [-0.39, 0.29) is 19.0 Å². The van der Waals surface area contributed by atoms with Crippen LogP contribution >= 0.6 is 0 Å². The molecule has 0 aliphatic carbocycles. The Bertz CT molecular complexity index is 583. The van der Waals surface area contributed by atoms with Crippen LogP contribution in [0.1, 0.15) is 12.1 Å². The zero-order valence-electron chi connectivity index (χ0n) is 9.39. The fourth-order valence-corrected chi connectivity index (χ4v) is 1.70. The summed E-state index contributed by atoms with van der Waals surface area (Å²) in [5.74, 6) is 3.99. The van der Waals surface area contributed by atoms with Gasteiger partial charge in [-0.1, -0.05) is 0 Å². The second-order valence-electron chi connectivity index (χ2n) is 4.01. The molecule has 0 saturated carbocycles. The number of rotatable bonds is 1. The van der Waals surface area contributed by atoms with Crippen molar-refractivity contribution in [2.45, 2.75) is 18.7 Å². The smallest absolute Gasteiger partial charge is 0.391 e. The summed E-state index contributed by atoms with van der Waals surface area (Å²) in [6.45, 7) is -0.260. The fourth-order valence-electron chi connectivity index (χ4n) is 1.70. The molecule has 1 saturated heterocycles. The number of carbonyl (C=O) groups excluding carboxylic acids is 1. The summed E-state index contributed by atoms with van der Waals surface area (Å²) in [6.07, 6.45) is -6.12. The van der Waals surface area contributed by atoms with Crippen molar-refractivity contribution in [3.05, 3.63) is 22.1 Å². The minimum absolute atomic E-state index is 0.237. The first kappa shape index (κ1) is 13.3.